The van der Waals surface area contributed by atoms with E-state index in [9.17, 15) is 4.79 Å². The molecule has 2 aromatic rings. The second kappa shape index (κ2) is 3.94. The van der Waals surface area contributed by atoms with E-state index in [1.807, 2.05) is 32.0 Å². The van der Waals surface area contributed by atoms with Crippen molar-refractivity contribution in [1.82, 2.24) is 10.4 Å². The van der Waals surface area contributed by atoms with Crippen LogP contribution in [-0.2, 0) is 4.79 Å². The number of aryl methyl sites for hydroxylation is 1. The predicted octanol–water partition coefficient (Wildman–Crippen LogP) is 1.97. The fraction of sp³-hybridized carbons (Fsp3) is 0.308. The summed E-state index contributed by atoms with van der Waals surface area (Å²) in [5.41, 5.74) is 4.97. The molecule has 2 atom stereocenters. The topological polar surface area (TPSA) is 67.5 Å². The van der Waals surface area contributed by atoms with Gasteiger partial charge in [0.1, 0.15) is 5.52 Å². The van der Waals surface area contributed by atoms with Crippen LogP contribution in [0.4, 0.5) is 0 Å². The summed E-state index contributed by atoms with van der Waals surface area (Å²) in [5.74, 6) is 0.405. The smallest absolute Gasteiger partial charge is 0.248 e. The number of oxazole rings is 1. The Kier molecular flexibility index (Phi) is 2.40. The molecule has 0 bridgehead atoms. The minimum Gasteiger partial charge on any atom is -0.441 e. The molecular formula is C13H13N3O2. The molecule has 1 aliphatic rings. The van der Waals surface area contributed by atoms with E-state index in [1.165, 1.54) is 0 Å². The highest BCUT2D eigenvalue weighted by molar-refractivity contribution is 5.91. The average Bonchev–Trinajstić information content (AvgIpc) is 2.68. The number of aromatic nitrogens is 1. The molecular weight excluding hydrogens is 230 g/mol. The van der Waals surface area contributed by atoms with Gasteiger partial charge in [-0.3, -0.25) is 4.79 Å². The van der Waals surface area contributed by atoms with Gasteiger partial charge in [-0.1, -0.05) is 13.0 Å². The highest BCUT2D eigenvalue weighted by atomic mass is 16.3. The lowest BCUT2D eigenvalue weighted by Crippen LogP contribution is -2.34. The fourth-order valence-corrected chi connectivity index (χ4v) is 2.32. The van der Waals surface area contributed by atoms with Crippen molar-refractivity contribution in [2.45, 2.75) is 19.8 Å². The maximum Gasteiger partial charge on any atom is 0.248 e. The van der Waals surface area contributed by atoms with Crippen molar-refractivity contribution in [3.05, 3.63) is 29.7 Å². The first-order valence-electron chi connectivity index (χ1n) is 5.85. The number of carbonyl (C=O) groups excluding carboxylic acids is 1. The van der Waals surface area contributed by atoms with Gasteiger partial charge in [0, 0.05) is 19.1 Å². The zero-order valence-corrected chi connectivity index (χ0v) is 10.2. The third-order valence-corrected chi connectivity index (χ3v) is 3.17. The number of hydrogen-bond acceptors (Lipinski definition) is 4. The maximum atomic E-state index is 11.9. The van der Waals surface area contributed by atoms with Crippen LogP contribution in [-0.4, -0.2) is 17.1 Å². The number of carbonyl (C=O) groups is 1. The van der Waals surface area contributed by atoms with Gasteiger partial charge in [-0.15, -0.1) is 0 Å². The Bertz CT molecular complexity index is 645. The van der Waals surface area contributed by atoms with Crippen molar-refractivity contribution in [3.8, 4) is 0 Å². The van der Waals surface area contributed by atoms with Crippen molar-refractivity contribution in [2.24, 2.45) is 11.0 Å². The van der Waals surface area contributed by atoms with Crippen LogP contribution in [0.2, 0.25) is 0 Å². The molecule has 1 amide bonds. The molecule has 2 heterocycles. The molecule has 1 N–H and O–H groups in total. The van der Waals surface area contributed by atoms with Crippen molar-refractivity contribution in [3.63, 3.8) is 0 Å². The molecule has 5 nitrogen and oxygen atoms in total. The quantitative estimate of drug-likeness (QED) is 0.832. The molecule has 0 fully saturated rings. The van der Waals surface area contributed by atoms with Crippen LogP contribution in [0.5, 0.6) is 0 Å². The maximum absolute atomic E-state index is 11.9. The van der Waals surface area contributed by atoms with E-state index in [1.54, 1.807) is 6.21 Å². The molecule has 2 unspecified atom stereocenters. The third-order valence-electron chi connectivity index (χ3n) is 3.17. The zero-order valence-electron chi connectivity index (χ0n) is 10.2. The molecule has 1 aliphatic heterocycles. The van der Waals surface area contributed by atoms with E-state index in [2.05, 4.69) is 15.5 Å². The molecule has 0 aliphatic carbocycles. The van der Waals surface area contributed by atoms with Crippen molar-refractivity contribution in [2.75, 3.05) is 0 Å². The van der Waals surface area contributed by atoms with Crippen LogP contribution < -0.4 is 5.43 Å². The van der Waals surface area contributed by atoms with Gasteiger partial charge in [-0.25, -0.2) is 10.4 Å². The minimum atomic E-state index is -0.219. The van der Waals surface area contributed by atoms with E-state index >= 15 is 0 Å². The predicted molar refractivity (Wildman–Crippen MR) is 67.3 cm³/mol. The molecule has 0 radical (unpaired) electrons. The van der Waals surface area contributed by atoms with Gasteiger partial charge >= 0.3 is 0 Å². The number of amides is 1. The van der Waals surface area contributed by atoms with Crippen LogP contribution in [0.15, 0.2) is 27.7 Å². The molecule has 3 rings (SSSR count). The summed E-state index contributed by atoms with van der Waals surface area (Å²) < 4.78 is 5.43. The van der Waals surface area contributed by atoms with Gasteiger partial charge in [0.25, 0.3) is 0 Å². The number of rotatable bonds is 1. The summed E-state index contributed by atoms with van der Waals surface area (Å²) in [6.45, 7) is 3.79. The zero-order chi connectivity index (χ0) is 12.7. The molecule has 18 heavy (non-hydrogen) atoms. The summed E-state index contributed by atoms with van der Waals surface area (Å²) in [4.78, 5) is 16.2. The Morgan fingerprint density at radius 1 is 1.39 bits per heavy atom. The SMILES string of the molecule is Cc1nc2cc(C3C(=O)NN=CC3C)ccc2o1. The van der Waals surface area contributed by atoms with Gasteiger partial charge in [-0.2, -0.15) is 5.10 Å². The second-order valence-corrected chi connectivity index (χ2v) is 4.55. The van der Waals surface area contributed by atoms with E-state index in [0.29, 0.717) is 5.89 Å². The first kappa shape index (κ1) is 11.0. The standard InChI is InChI=1S/C13H13N3O2/c1-7-6-14-16-13(17)12(7)9-3-4-11-10(5-9)15-8(2)18-11/h3-7,12H,1-2H3,(H,16,17). The van der Waals surface area contributed by atoms with Crippen molar-refractivity contribution < 1.29 is 9.21 Å². The number of fused-ring (bicyclic) bond motifs is 1. The number of nitrogens with zero attached hydrogens (tertiary/aromatic N) is 2. The van der Waals surface area contributed by atoms with Crippen LogP contribution in [0.1, 0.15) is 24.3 Å². The number of hydrogen-bond donors (Lipinski definition) is 1. The van der Waals surface area contributed by atoms with Gasteiger partial charge in [0.05, 0.1) is 5.92 Å². The number of benzene rings is 1. The Morgan fingerprint density at radius 2 is 2.22 bits per heavy atom. The Labute approximate surface area is 104 Å². The van der Waals surface area contributed by atoms with Crippen molar-refractivity contribution >= 4 is 23.2 Å². The van der Waals surface area contributed by atoms with Gasteiger partial charge < -0.3 is 4.42 Å². The first-order valence-corrected chi connectivity index (χ1v) is 5.85. The molecule has 0 saturated heterocycles. The summed E-state index contributed by atoms with van der Waals surface area (Å²) in [6.07, 6.45) is 1.75. The minimum absolute atomic E-state index is 0.0733. The normalized spacial score (nSPS) is 23.3. The van der Waals surface area contributed by atoms with E-state index < -0.39 is 0 Å². The number of hydrazone groups is 1. The van der Waals surface area contributed by atoms with Crippen LogP contribution in [0.25, 0.3) is 11.1 Å². The summed E-state index contributed by atoms with van der Waals surface area (Å²) in [7, 11) is 0. The highest BCUT2D eigenvalue weighted by Gasteiger charge is 2.29. The van der Waals surface area contributed by atoms with E-state index in [0.717, 1.165) is 16.7 Å². The van der Waals surface area contributed by atoms with Crippen LogP contribution >= 0.6 is 0 Å². The lowest BCUT2D eigenvalue weighted by Gasteiger charge is -2.22. The molecule has 0 saturated carbocycles. The molecule has 0 spiro atoms. The Morgan fingerprint density at radius 3 is 3.00 bits per heavy atom. The van der Waals surface area contributed by atoms with Crippen molar-refractivity contribution in [1.29, 1.82) is 0 Å². The highest BCUT2D eigenvalue weighted by Crippen LogP contribution is 2.28. The first-order chi connectivity index (χ1) is 8.65. The van der Waals surface area contributed by atoms with Crippen LogP contribution in [0.3, 0.4) is 0 Å². The average molecular weight is 243 g/mol. The summed E-state index contributed by atoms with van der Waals surface area (Å²) in [6, 6.07) is 5.68. The lowest BCUT2D eigenvalue weighted by atomic mass is 9.86. The number of nitrogens with one attached hydrogen (secondary N) is 1. The third kappa shape index (κ3) is 1.68. The van der Waals surface area contributed by atoms with Crippen LogP contribution in [0, 0.1) is 12.8 Å². The van der Waals surface area contributed by atoms with E-state index in [4.69, 9.17) is 4.42 Å². The largest absolute Gasteiger partial charge is 0.441 e. The molecule has 1 aromatic heterocycles. The second-order valence-electron chi connectivity index (χ2n) is 4.55. The molecule has 5 heteroatoms. The summed E-state index contributed by atoms with van der Waals surface area (Å²) in [5, 5.41) is 3.82. The van der Waals surface area contributed by atoms with Gasteiger partial charge in [-0.05, 0) is 17.7 Å². The Balaban J connectivity index is 2.08. The monoisotopic (exact) mass is 243 g/mol. The fourth-order valence-electron chi connectivity index (χ4n) is 2.32. The van der Waals surface area contributed by atoms with Gasteiger partial charge in [0.2, 0.25) is 5.91 Å². The van der Waals surface area contributed by atoms with E-state index in [-0.39, 0.29) is 17.7 Å². The molecule has 92 valence electrons. The van der Waals surface area contributed by atoms with Gasteiger partial charge in [0.15, 0.2) is 11.5 Å². The lowest BCUT2D eigenvalue weighted by molar-refractivity contribution is -0.123. The molecule has 1 aromatic carbocycles. The Hall–Kier alpha value is -2.17. The summed E-state index contributed by atoms with van der Waals surface area (Å²) >= 11 is 0.